The van der Waals surface area contributed by atoms with Crippen molar-refractivity contribution in [2.45, 2.75) is 21.6 Å². The molecule has 3 rings (SSSR count). The van der Waals surface area contributed by atoms with Crippen LogP contribution < -0.4 is 0 Å². The summed E-state index contributed by atoms with van der Waals surface area (Å²) < 4.78 is 6.14. The zero-order valence-electron chi connectivity index (χ0n) is 13.8. The molecular formula is C20H16Cl3O2S+. The van der Waals surface area contributed by atoms with Crippen LogP contribution in [0.25, 0.3) is 0 Å². The van der Waals surface area contributed by atoms with Crippen LogP contribution in [0.3, 0.4) is 0 Å². The lowest BCUT2D eigenvalue weighted by molar-refractivity contribution is 0.496. The van der Waals surface area contributed by atoms with Gasteiger partial charge in [0, 0.05) is 15.1 Å². The molecule has 3 aromatic rings. The Hall–Kier alpha value is -1.65. The molecule has 0 saturated heterocycles. The molecule has 1 N–H and O–H groups in total. The fraction of sp³-hybridized carbons (Fsp3) is 0.0500. The first-order chi connectivity index (χ1) is 12.4. The summed E-state index contributed by atoms with van der Waals surface area (Å²) in [5.74, 6) is -0.125. The van der Waals surface area contributed by atoms with Gasteiger partial charge in [0.2, 0.25) is 0 Å². The van der Waals surface area contributed by atoms with Crippen molar-refractivity contribution in [2.75, 3.05) is 0 Å². The third-order valence-corrected chi connectivity index (χ3v) is 7.74. The number of rotatable bonds is 4. The highest BCUT2D eigenvalue weighted by Crippen LogP contribution is 2.69. The van der Waals surface area contributed by atoms with E-state index in [-0.39, 0.29) is 5.97 Å². The van der Waals surface area contributed by atoms with Crippen molar-refractivity contribution in [1.82, 2.24) is 0 Å². The maximum Gasteiger partial charge on any atom is 0.492 e. The van der Waals surface area contributed by atoms with Crippen LogP contribution in [0.2, 0.25) is 15.1 Å². The molecule has 0 fully saturated rings. The Morgan fingerprint density at radius 2 is 0.923 bits per heavy atom. The van der Waals surface area contributed by atoms with Gasteiger partial charge >= 0.3 is 5.97 Å². The summed E-state index contributed by atoms with van der Waals surface area (Å²) in [4.78, 5) is 12.7. The highest BCUT2D eigenvalue weighted by molar-refractivity contribution is 8.30. The molecule has 0 atom stereocenters. The Balaban J connectivity index is 2.33. The van der Waals surface area contributed by atoms with Gasteiger partial charge in [-0.3, -0.25) is 4.18 Å². The molecule has 6 heteroatoms. The molecule has 0 aliphatic rings. The zero-order chi connectivity index (χ0) is 18.7. The molecule has 0 bridgehead atoms. The topological polar surface area (TPSA) is 30.6 Å². The third kappa shape index (κ3) is 3.86. The molecule has 26 heavy (non-hydrogen) atoms. The van der Waals surface area contributed by atoms with E-state index in [0.717, 1.165) is 14.7 Å². The van der Waals surface area contributed by atoms with E-state index in [1.165, 1.54) is 6.92 Å². The van der Waals surface area contributed by atoms with E-state index in [9.17, 15) is 4.79 Å². The standard InChI is InChI=1S/C20H15Cl3O2S/c1-14(24)25-26(18-8-2-15(21)3-9-18,19-10-4-16(22)5-11-19)20-12-6-17(23)7-13-20/h2-13H,1H3/p+1. The van der Waals surface area contributed by atoms with Gasteiger partial charge in [0.25, 0.3) is 0 Å². The molecule has 0 heterocycles. The van der Waals surface area contributed by atoms with Crippen LogP contribution >= 0.6 is 45.1 Å². The molecule has 134 valence electrons. The van der Waals surface area contributed by atoms with Crippen LogP contribution in [-0.2, 0) is 4.18 Å². The first kappa shape index (κ1) is 19.1. The van der Waals surface area contributed by atoms with Gasteiger partial charge < -0.3 is 4.79 Å². The van der Waals surface area contributed by atoms with Crippen LogP contribution in [0, 0.1) is 0 Å². The maximum absolute atomic E-state index is 10.1. The van der Waals surface area contributed by atoms with Crippen LogP contribution in [-0.4, -0.2) is 10.8 Å². The molecule has 0 radical (unpaired) electrons. The van der Waals surface area contributed by atoms with Crippen molar-refractivity contribution in [3.63, 3.8) is 0 Å². The van der Waals surface area contributed by atoms with Crippen LogP contribution in [0.5, 0.6) is 0 Å². The van der Waals surface area contributed by atoms with E-state index >= 15 is 0 Å². The summed E-state index contributed by atoms with van der Waals surface area (Å²) in [7, 11) is -2.25. The van der Waals surface area contributed by atoms with Crippen molar-refractivity contribution in [2.24, 2.45) is 0 Å². The molecule has 3 aromatic carbocycles. The first-order valence-corrected chi connectivity index (χ1v) is 10.4. The molecule has 0 aliphatic carbocycles. The van der Waals surface area contributed by atoms with Crippen LogP contribution in [0.15, 0.2) is 87.5 Å². The molecule has 0 spiro atoms. The van der Waals surface area contributed by atoms with Gasteiger partial charge in [-0.1, -0.05) is 34.8 Å². The van der Waals surface area contributed by atoms with Gasteiger partial charge in [-0.15, -0.1) is 0 Å². The van der Waals surface area contributed by atoms with Crippen molar-refractivity contribution >= 4 is 51.1 Å². The summed E-state index contributed by atoms with van der Waals surface area (Å²) >= 11 is 18.2. The molecular weight excluding hydrogens is 411 g/mol. The number of carbonyl (C=O) groups excluding carboxylic acids is 1. The Morgan fingerprint density at radius 1 is 0.654 bits per heavy atom. The van der Waals surface area contributed by atoms with Crippen molar-refractivity contribution < 1.29 is 8.98 Å². The molecule has 0 unspecified atom stereocenters. The molecule has 0 amide bonds. The van der Waals surface area contributed by atoms with Gasteiger partial charge in [-0.05, 0) is 72.8 Å². The van der Waals surface area contributed by atoms with Crippen molar-refractivity contribution in [1.29, 1.82) is 0 Å². The average molecular weight is 427 g/mol. The predicted octanol–water partition coefficient (Wildman–Crippen LogP) is 7.38. The largest absolute Gasteiger partial charge is 0.492 e. The Kier molecular flexibility index (Phi) is 5.83. The van der Waals surface area contributed by atoms with E-state index in [1.807, 2.05) is 36.4 Å². The summed E-state index contributed by atoms with van der Waals surface area (Å²) in [6.07, 6.45) is 0. The van der Waals surface area contributed by atoms with E-state index in [0.29, 0.717) is 15.1 Å². The first-order valence-electron chi connectivity index (χ1n) is 7.74. The molecule has 0 saturated carbocycles. The third-order valence-electron chi connectivity index (χ3n) is 3.68. The predicted molar refractivity (Wildman–Crippen MR) is 110 cm³/mol. The van der Waals surface area contributed by atoms with E-state index in [4.69, 9.17) is 39.0 Å². The SMILES string of the molecule is CC(=[OH+])OS(c1ccc(Cl)cc1)(c1ccc(Cl)cc1)c1ccc(Cl)cc1. The Bertz CT molecular complexity index is 796. The Morgan fingerprint density at radius 3 is 1.15 bits per heavy atom. The second-order valence-electron chi connectivity index (χ2n) is 5.52. The zero-order valence-corrected chi connectivity index (χ0v) is 16.9. The van der Waals surface area contributed by atoms with E-state index in [2.05, 4.69) is 0 Å². The van der Waals surface area contributed by atoms with Gasteiger partial charge in [0.05, 0.1) is 31.9 Å². The second kappa shape index (κ2) is 7.93. The maximum atomic E-state index is 10.1. The molecule has 0 aliphatic heterocycles. The minimum Gasteiger partial charge on any atom is -0.338 e. The fourth-order valence-corrected chi connectivity index (χ4v) is 6.02. The van der Waals surface area contributed by atoms with Crippen molar-refractivity contribution in [3.05, 3.63) is 87.9 Å². The highest BCUT2D eigenvalue weighted by atomic mass is 35.5. The number of hydrogen-bond acceptors (Lipinski definition) is 1. The summed E-state index contributed by atoms with van der Waals surface area (Å²) in [5, 5.41) is 1.87. The van der Waals surface area contributed by atoms with Gasteiger partial charge in [0.15, 0.2) is 0 Å². The molecule has 0 aromatic heterocycles. The Labute approximate surface area is 169 Å². The van der Waals surface area contributed by atoms with Gasteiger partial charge in [-0.2, -0.15) is 0 Å². The monoisotopic (exact) mass is 425 g/mol. The van der Waals surface area contributed by atoms with E-state index < -0.39 is 10.3 Å². The lowest BCUT2D eigenvalue weighted by Crippen LogP contribution is -2.11. The van der Waals surface area contributed by atoms with E-state index in [1.54, 1.807) is 36.4 Å². The number of halogens is 3. The molecule has 2 nitrogen and oxygen atoms in total. The van der Waals surface area contributed by atoms with Crippen molar-refractivity contribution in [3.8, 4) is 0 Å². The van der Waals surface area contributed by atoms with Gasteiger partial charge in [0.1, 0.15) is 0 Å². The summed E-state index contributed by atoms with van der Waals surface area (Å²) in [6.45, 7) is 1.52. The average Bonchev–Trinajstić information content (AvgIpc) is 2.62. The summed E-state index contributed by atoms with van der Waals surface area (Å²) in [5.41, 5.74) is 0. The normalized spacial score (nSPS) is 11.8. The van der Waals surface area contributed by atoms with Crippen LogP contribution in [0.4, 0.5) is 0 Å². The fourth-order valence-electron chi connectivity index (χ4n) is 2.61. The lowest BCUT2D eigenvalue weighted by Gasteiger charge is -2.33. The minimum absolute atomic E-state index is 0.125. The smallest absolute Gasteiger partial charge is 0.338 e. The second-order valence-corrected chi connectivity index (χ2v) is 9.52. The highest BCUT2D eigenvalue weighted by Gasteiger charge is 2.41. The number of hydrogen-bond donors (Lipinski definition) is 0. The lowest BCUT2D eigenvalue weighted by atomic mass is 10.3. The van der Waals surface area contributed by atoms with Crippen LogP contribution in [0.1, 0.15) is 6.92 Å². The number of benzene rings is 3. The minimum atomic E-state index is -2.25. The van der Waals surface area contributed by atoms with Gasteiger partial charge in [-0.25, -0.2) is 0 Å². The summed E-state index contributed by atoms with van der Waals surface area (Å²) in [6, 6.07) is 22.3. The quantitative estimate of drug-likeness (QED) is 0.400.